The van der Waals surface area contributed by atoms with E-state index in [2.05, 4.69) is 22.3 Å². The van der Waals surface area contributed by atoms with Gasteiger partial charge < -0.3 is 5.32 Å². The minimum Gasteiger partial charge on any atom is -0.305 e. The second-order valence-corrected chi connectivity index (χ2v) is 4.39. The van der Waals surface area contributed by atoms with Gasteiger partial charge in [-0.25, -0.2) is 9.67 Å². The molecule has 106 valence electrons. The SMILES string of the molecule is CCCn1ncnc1CNCc1ccccc1[N+](=O)[O-]. The van der Waals surface area contributed by atoms with Crippen molar-refractivity contribution in [3.05, 3.63) is 52.1 Å². The molecule has 1 aromatic heterocycles. The quantitative estimate of drug-likeness (QED) is 0.616. The smallest absolute Gasteiger partial charge is 0.273 e. The zero-order valence-electron chi connectivity index (χ0n) is 11.3. The van der Waals surface area contributed by atoms with Gasteiger partial charge in [0, 0.05) is 24.7 Å². The van der Waals surface area contributed by atoms with Crippen molar-refractivity contribution in [2.75, 3.05) is 0 Å². The van der Waals surface area contributed by atoms with Crippen molar-refractivity contribution in [1.82, 2.24) is 20.1 Å². The summed E-state index contributed by atoms with van der Waals surface area (Å²) in [5.41, 5.74) is 0.800. The van der Waals surface area contributed by atoms with Gasteiger partial charge in [0.05, 0.1) is 11.5 Å². The molecular formula is C13H17N5O2. The number of para-hydroxylation sites is 1. The Labute approximate surface area is 116 Å². The maximum Gasteiger partial charge on any atom is 0.273 e. The molecule has 1 N–H and O–H groups in total. The summed E-state index contributed by atoms with van der Waals surface area (Å²) < 4.78 is 1.84. The van der Waals surface area contributed by atoms with Crippen LogP contribution in [-0.2, 0) is 19.6 Å². The van der Waals surface area contributed by atoms with Crippen molar-refractivity contribution >= 4 is 5.69 Å². The van der Waals surface area contributed by atoms with Crippen LogP contribution < -0.4 is 5.32 Å². The molecule has 7 nitrogen and oxygen atoms in total. The molecule has 0 aliphatic rings. The Kier molecular flexibility index (Phi) is 4.78. The Morgan fingerprint density at radius 1 is 1.35 bits per heavy atom. The molecule has 0 aliphatic carbocycles. The van der Waals surface area contributed by atoms with E-state index >= 15 is 0 Å². The Hall–Kier alpha value is -2.28. The molecule has 20 heavy (non-hydrogen) atoms. The van der Waals surface area contributed by atoms with E-state index in [1.54, 1.807) is 18.2 Å². The lowest BCUT2D eigenvalue weighted by Gasteiger charge is -2.07. The highest BCUT2D eigenvalue weighted by Crippen LogP contribution is 2.17. The van der Waals surface area contributed by atoms with Crippen LogP contribution in [0.2, 0.25) is 0 Å². The van der Waals surface area contributed by atoms with Crippen LogP contribution >= 0.6 is 0 Å². The molecule has 0 bridgehead atoms. The molecule has 1 heterocycles. The van der Waals surface area contributed by atoms with Gasteiger partial charge >= 0.3 is 0 Å². The first-order valence-corrected chi connectivity index (χ1v) is 6.52. The molecule has 0 saturated heterocycles. The lowest BCUT2D eigenvalue weighted by molar-refractivity contribution is -0.385. The van der Waals surface area contributed by atoms with Crippen molar-refractivity contribution in [3.8, 4) is 0 Å². The average Bonchev–Trinajstić information content (AvgIpc) is 2.87. The number of hydrogen-bond acceptors (Lipinski definition) is 5. The van der Waals surface area contributed by atoms with Crippen molar-refractivity contribution in [2.45, 2.75) is 33.0 Å². The largest absolute Gasteiger partial charge is 0.305 e. The van der Waals surface area contributed by atoms with Crippen molar-refractivity contribution in [1.29, 1.82) is 0 Å². The van der Waals surface area contributed by atoms with Gasteiger partial charge in [-0.15, -0.1) is 0 Å². The number of nitro groups is 1. The van der Waals surface area contributed by atoms with Crippen LogP contribution in [0.5, 0.6) is 0 Å². The summed E-state index contributed by atoms with van der Waals surface area (Å²) in [4.78, 5) is 14.7. The first-order chi connectivity index (χ1) is 9.72. The fourth-order valence-electron chi connectivity index (χ4n) is 1.97. The zero-order chi connectivity index (χ0) is 14.4. The van der Waals surface area contributed by atoms with Crippen molar-refractivity contribution in [3.63, 3.8) is 0 Å². The monoisotopic (exact) mass is 275 g/mol. The molecule has 0 aliphatic heterocycles. The predicted octanol–water partition coefficient (Wildman–Crippen LogP) is 1.89. The van der Waals surface area contributed by atoms with E-state index in [9.17, 15) is 10.1 Å². The number of aryl methyl sites for hydroxylation is 1. The molecular weight excluding hydrogens is 258 g/mol. The first-order valence-electron chi connectivity index (χ1n) is 6.52. The van der Waals surface area contributed by atoms with E-state index in [1.165, 1.54) is 12.4 Å². The molecule has 2 aromatic rings. The summed E-state index contributed by atoms with van der Waals surface area (Å²) >= 11 is 0. The molecule has 1 aromatic carbocycles. The van der Waals surface area contributed by atoms with Crippen LogP contribution in [0.3, 0.4) is 0 Å². The fraction of sp³-hybridized carbons (Fsp3) is 0.385. The van der Waals surface area contributed by atoms with Crippen molar-refractivity contribution in [2.24, 2.45) is 0 Å². The molecule has 2 rings (SSSR count). The van der Waals surface area contributed by atoms with E-state index < -0.39 is 0 Å². The average molecular weight is 275 g/mol. The third-order valence-corrected chi connectivity index (χ3v) is 2.92. The molecule has 7 heteroatoms. The predicted molar refractivity (Wildman–Crippen MR) is 74.0 cm³/mol. The summed E-state index contributed by atoms with van der Waals surface area (Å²) in [6, 6.07) is 6.72. The Morgan fingerprint density at radius 2 is 2.15 bits per heavy atom. The van der Waals surface area contributed by atoms with Gasteiger partial charge in [-0.3, -0.25) is 10.1 Å². The van der Waals surface area contributed by atoms with E-state index in [0.29, 0.717) is 18.7 Å². The number of benzene rings is 1. The number of nitro benzene ring substituents is 1. The lowest BCUT2D eigenvalue weighted by atomic mass is 10.2. The van der Waals surface area contributed by atoms with E-state index in [4.69, 9.17) is 0 Å². The third-order valence-electron chi connectivity index (χ3n) is 2.92. The number of nitrogens with zero attached hydrogens (tertiary/aromatic N) is 4. The second-order valence-electron chi connectivity index (χ2n) is 4.39. The number of aromatic nitrogens is 3. The summed E-state index contributed by atoms with van der Waals surface area (Å²) in [5, 5.41) is 18.2. The van der Waals surface area contributed by atoms with Gasteiger partial charge in [0.2, 0.25) is 0 Å². The van der Waals surface area contributed by atoms with Crippen LogP contribution in [0.1, 0.15) is 24.7 Å². The number of nitrogens with one attached hydrogen (secondary N) is 1. The minimum absolute atomic E-state index is 0.134. The molecule has 0 saturated carbocycles. The maximum absolute atomic E-state index is 10.9. The van der Waals surface area contributed by atoms with E-state index in [0.717, 1.165) is 18.8 Å². The normalized spacial score (nSPS) is 10.7. The van der Waals surface area contributed by atoms with Gasteiger partial charge in [-0.1, -0.05) is 25.1 Å². The summed E-state index contributed by atoms with van der Waals surface area (Å²) in [5.74, 6) is 0.838. The third kappa shape index (κ3) is 3.39. The topological polar surface area (TPSA) is 85.9 Å². The minimum atomic E-state index is -0.364. The number of rotatable bonds is 7. The van der Waals surface area contributed by atoms with Gasteiger partial charge in [-0.05, 0) is 6.42 Å². The highest BCUT2D eigenvalue weighted by Gasteiger charge is 2.12. The Morgan fingerprint density at radius 3 is 2.90 bits per heavy atom. The lowest BCUT2D eigenvalue weighted by Crippen LogP contribution is -2.18. The number of hydrogen-bond donors (Lipinski definition) is 1. The van der Waals surface area contributed by atoms with Crippen LogP contribution in [0, 0.1) is 10.1 Å². The summed E-state index contributed by atoms with van der Waals surface area (Å²) in [7, 11) is 0. The van der Waals surface area contributed by atoms with Crippen LogP contribution in [-0.4, -0.2) is 19.7 Å². The zero-order valence-corrected chi connectivity index (χ0v) is 11.3. The van der Waals surface area contributed by atoms with Gasteiger partial charge in [-0.2, -0.15) is 5.10 Å². The molecule has 0 unspecified atom stereocenters. The maximum atomic E-state index is 10.9. The van der Waals surface area contributed by atoms with Gasteiger partial charge in [0.25, 0.3) is 5.69 Å². The van der Waals surface area contributed by atoms with E-state index in [-0.39, 0.29) is 10.6 Å². The molecule has 0 atom stereocenters. The molecule has 0 fully saturated rings. The second kappa shape index (κ2) is 6.76. The Balaban J connectivity index is 1.96. The van der Waals surface area contributed by atoms with Crippen molar-refractivity contribution < 1.29 is 4.92 Å². The first kappa shape index (κ1) is 14.1. The summed E-state index contributed by atoms with van der Waals surface area (Å²) in [6.45, 7) is 3.86. The highest BCUT2D eigenvalue weighted by molar-refractivity contribution is 5.39. The Bertz CT molecular complexity index is 582. The standard InChI is InChI=1S/C13H17N5O2/c1-2-7-17-13(15-10-16-17)9-14-8-11-5-3-4-6-12(11)18(19)20/h3-6,10,14H,2,7-9H2,1H3. The van der Waals surface area contributed by atoms with Crippen LogP contribution in [0.4, 0.5) is 5.69 Å². The molecule has 0 radical (unpaired) electrons. The summed E-state index contributed by atoms with van der Waals surface area (Å²) in [6.07, 6.45) is 2.51. The molecule has 0 spiro atoms. The van der Waals surface area contributed by atoms with Crippen LogP contribution in [0.25, 0.3) is 0 Å². The molecule has 0 amide bonds. The fourth-order valence-corrected chi connectivity index (χ4v) is 1.97. The van der Waals surface area contributed by atoms with Crippen LogP contribution in [0.15, 0.2) is 30.6 Å². The van der Waals surface area contributed by atoms with Gasteiger partial charge in [0.1, 0.15) is 12.2 Å². The highest BCUT2D eigenvalue weighted by atomic mass is 16.6. The van der Waals surface area contributed by atoms with E-state index in [1.807, 2.05) is 4.68 Å². The van der Waals surface area contributed by atoms with Gasteiger partial charge in [0.15, 0.2) is 0 Å².